The van der Waals surface area contributed by atoms with Gasteiger partial charge in [0, 0.05) is 5.69 Å². The Morgan fingerprint density at radius 1 is 1.12 bits per heavy atom. The lowest BCUT2D eigenvalue weighted by Gasteiger charge is -2.11. The minimum Gasteiger partial charge on any atom is -0.343 e. The van der Waals surface area contributed by atoms with Gasteiger partial charge in [-0.3, -0.25) is 9.59 Å². The molecule has 2 N–H and O–H groups in total. The van der Waals surface area contributed by atoms with Gasteiger partial charge in [-0.1, -0.05) is 36.7 Å². The Kier molecular flexibility index (Phi) is 5.87. The van der Waals surface area contributed by atoms with Crippen molar-refractivity contribution in [1.82, 2.24) is 5.32 Å². The minimum absolute atomic E-state index is 0.233. The van der Waals surface area contributed by atoms with Crippen molar-refractivity contribution in [2.75, 3.05) is 11.9 Å². The number of halogens is 3. The highest BCUT2D eigenvalue weighted by atomic mass is 35.5. The van der Waals surface area contributed by atoms with Crippen LogP contribution in [0.15, 0.2) is 36.4 Å². The molecule has 0 aliphatic rings. The summed E-state index contributed by atoms with van der Waals surface area (Å²) in [5.41, 5.74) is 1.38. The minimum atomic E-state index is -1.19. The van der Waals surface area contributed by atoms with Gasteiger partial charge in [0.25, 0.3) is 5.91 Å². The number of aryl methyl sites for hydroxylation is 1. The molecule has 126 valence electrons. The fourth-order valence-corrected chi connectivity index (χ4v) is 2.33. The molecule has 0 unspecified atom stereocenters. The van der Waals surface area contributed by atoms with Gasteiger partial charge in [-0.2, -0.15) is 0 Å². The zero-order chi connectivity index (χ0) is 17.7. The standard InChI is InChI=1S/C17H15ClF2N2O2/c1-2-10-5-3-4-6-15(10)22-16(23)9-21-17(24)11-7-13(19)14(20)8-12(11)18/h3-8H,2,9H2,1H3,(H,21,24)(H,22,23). The first-order valence-electron chi connectivity index (χ1n) is 7.23. The third kappa shape index (κ3) is 4.29. The van der Waals surface area contributed by atoms with E-state index < -0.39 is 23.4 Å². The van der Waals surface area contributed by atoms with Crippen LogP contribution >= 0.6 is 11.6 Å². The van der Waals surface area contributed by atoms with Crippen LogP contribution in [-0.2, 0) is 11.2 Å². The molecule has 0 aromatic heterocycles. The Labute approximate surface area is 142 Å². The molecule has 7 heteroatoms. The maximum Gasteiger partial charge on any atom is 0.253 e. The lowest BCUT2D eigenvalue weighted by molar-refractivity contribution is -0.115. The molecule has 0 heterocycles. The summed E-state index contributed by atoms with van der Waals surface area (Å²) >= 11 is 5.71. The first-order valence-corrected chi connectivity index (χ1v) is 7.60. The van der Waals surface area contributed by atoms with Crippen molar-refractivity contribution in [1.29, 1.82) is 0 Å². The van der Waals surface area contributed by atoms with Crippen molar-refractivity contribution in [2.45, 2.75) is 13.3 Å². The number of anilines is 1. The number of benzene rings is 2. The van der Waals surface area contributed by atoms with E-state index in [-0.39, 0.29) is 17.1 Å². The summed E-state index contributed by atoms with van der Waals surface area (Å²) in [6, 6.07) is 8.69. The summed E-state index contributed by atoms with van der Waals surface area (Å²) in [6.07, 6.45) is 0.743. The van der Waals surface area contributed by atoms with Crippen LogP contribution in [0.5, 0.6) is 0 Å². The normalized spacial score (nSPS) is 10.3. The number of para-hydroxylation sites is 1. The molecule has 24 heavy (non-hydrogen) atoms. The van der Waals surface area contributed by atoms with Crippen molar-refractivity contribution in [3.05, 3.63) is 64.2 Å². The number of nitrogens with one attached hydrogen (secondary N) is 2. The molecule has 0 radical (unpaired) electrons. The molecule has 4 nitrogen and oxygen atoms in total. The van der Waals surface area contributed by atoms with E-state index in [4.69, 9.17) is 11.6 Å². The number of hydrogen-bond acceptors (Lipinski definition) is 2. The Hall–Kier alpha value is -2.47. The summed E-state index contributed by atoms with van der Waals surface area (Å²) in [6.45, 7) is 1.63. The molecule has 0 fully saturated rings. The molecule has 0 bridgehead atoms. The van der Waals surface area contributed by atoms with Crippen LogP contribution in [0.2, 0.25) is 5.02 Å². The summed E-state index contributed by atoms with van der Waals surface area (Å²) in [5.74, 6) is -3.54. The SMILES string of the molecule is CCc1ccccc1NC(=O)CNC(=O)c1cc(F)c(F)cc1Cl. The average molecular weight is 353 g/mol. The van der Waals surface area contributed by atoms with Crippen molar-refractivity contribution in [2.24, 2.45) is 0 Å². The predicted octanol–water partition coefficient (Wildman–Crippen LogP) is 3.55. The van der Waals surface area contributed by atoms with Gasteiger partial charge in [0.2, 0.25) is 5.91 Å². The van der Waals surface area contributed by atoms with Crippen molar-refractivity contribution >= 4 is 29.1 Å². The first-order chi connectivity index (χ1) is 11.4. The van der Waals surface area contributed by atoms with Crippen molar-refractivity contribution in [3.8, 4) is 0 Å². The van der Waals surface area contributed by atoms with E-state index in [1.807, 2.05) is 19.1 Å². The second kappa shape index (κ2) is 7.88. The van der Waals surface area contributed by atoms with E-state index in [2.05, 4.69) is 10.6 Å². The zero-order valence-corrected chi connectivity index (χ0v) is 13.6. The van der Waals surface area contributed by atoms with Crippen LogP contribution in [0.25, 0.3) is 0 Å². The number of hydrogen-bond donors (Lipinski definition) is 2. The molecular formula is C17H15ClF2N2O2. The summed E-state index contributed by atoms with van der Waals surface area (Å²) in [4.78, 5) is 23.9. The first kappa shape index (κ1) is 17.9. The Morgan fingerprint density at radius 3 is 2.50 bits per heavy atom. The largest absolute Gasteiger partial charge is 0.343 e. The fraction of sp³-hybridized carbons (Fsp3) is 0.176. The van der Waals surface area contributed by atoms with Gasteiger partial charge in [-0.15, -0.1) is 0 Å². The highest BCUT2D eigenvalue weighted by molar-refractivity contribution is 6.33. The monoisotopic (exact) mass is 352 g/mol. The highest BCUT2D eigenvalue weighted by Gasteiger charge is 2.16. The molecule has 0 aliphatic heterocycles. The van der Waals surface area contributed by atoms with Gasteiger partial charge in [-0.05, 0) is 30.2 Å². The highest BCUT2D eigenvalue weighted by Crippen LogP contribution is 2.20. The van der Waals surface area contributed by atoms with E-state index in [1.54, 1.807) is 12.1 Å². The Balaban J connectivity index is 1.99. The number of carbonyl (C=O) groups excluding carboxylic acids is 2. The molecule has 2 aromatic rings. The third-order valence-electron chi connectivity index (χ3n) is 3.34. The van der Waals surface area contributed by atoms with Crippen LogP contribution in [0.1, 0.15) is 22.8 Å². The van der Waals surface area contributed by atoms with Crippen molar-refractivity contribution < 1.29 is 18.4 Å². The molecular weight excluding hydrogens is 338 g/mol. The topological polar surface area (TPSA) is 58.2 Å². The quantitative estimate of drug-likeness (QED) is 0.808. The molecule has 2 rings (SSSR count). The van der Waals surface area contributed by atoms with E-state index in [0.717, 1.165) is 12.0 Å². The lowest BCUT2D eigenvalue weighted by Crippen LogP contribution is -2.33. The predicted molar refractivity (Wildman–Crippen MR) is 88.2 cm³/mol. The molecule has 0 saturated carbocycles. The second-order valence-corrected chi connectivity index (χ2v) is 5.39. The maximum absolute atomic E-state index is 13.2. The van der Waals surface area contributed by atoms with Gasteiger partial charge >= 0.3 is 0 Å². The van der Waals surface area contributed by atoms with Gasteiger partial charge < -0.3 is 10.6 Å². The average Bonchev–Trinajstić information content (AvgIpc) is 2.56. The van der Waals surface area contributed by atoms with E-state index in [9.17, 15) is 18.4 Å². The van der Waals surface area contributed by atoms with Gasteiger partial charge in [0.05, 0.1) is 17.1 Å². The molecule has 0 saturated heterocycles. The molecule has 0 spiro atoms. The van der Waals surface area contributed by atoms with Crippen molar-refractivity contribution in [3.63, 3.8) is 0 Å². The maximum atomic E-state index is 13.2. The molecule has 0 atom stereocenters. The van der Waals surface area contributed by atoms with E-state index >= 15 is 0 Å². The van der Waals surface area contributed by atoms with Crippen LogP contribution in [0, 0.1) is 11.6 Å². The smallest absolute Gasteiger partial charge is 0.253 e. The van der Waals surface area contributed by atoms with Crippen LogP contribution < -0.4 is 10.6 Å². The second-order valence-electron chi connectivity index (χ2n) is 4.99. The zero-order valence-electron chi connectivity index (χ0n) is 12.8. The van der Waals surface area contributed by atoms with Gasteiger partial charge in [0.15, 0.2) is 11.6 Å². The van der Waals surface area contributed by atoms with Gasteiger partial charge in [0.1, 0.15) is 0 Å². The van der Waals surface area contributed by atoms with Crippen LogP contribution in [0.3, 0.4) is 0 Å². The molecule has 2 amide bonds. The Morgan fingerprint density at radius 2 is 1.79 bits per heavy atom. The van der Waals surface area contributed by atoms with Crippen LogP contribution in [0.4, 0.5) is 14.5 Å². The number of amides is 2. The fourth-order valence-electron chi connectivity index (χ4n) is 2.10. The Bertz CT molecular complexity index is 781. The summed E-state index contributed by atoms with van der Waals surface area (Å²) in [7, 11) is 0. The van der Waals surface area contributed by atoms with Gasteiger partial charge in [-0.25, -0.2) is 8.78 Å². The summed E-state index contributed by atoms with van der Waals surface area (Å²) in [5, 5.41) is 4.77. The molecule has 0 aliphatic carbocycles. The summed E-state index contributed by atoms with van der Waals surface area (Å²) < 4.78 is 26.2. The molecule has 2 aromatic carbocycles. The van der Waals surface area contributed by atoms with Crippen LogP contribution in [-0.4, -0.2) is 18.4 Å². The number of carbonyl (C=O) groups is 2. The number of rotatable bonds is 5. The third-order valence-corrected chi connectivity index (χ3v) is 3.65. The van der Waals surface area contributed by atoms with E-state index in [1.165, 1.54) is 0 Å². The lowest BCUT2D eigenvalue weighted by atomic mass is 10.1. The van der Waals surface area contributed by atoms with E-state index in [0.29, 0.717) is 17.8 Å².